The van der Waals surface area contributed by atoms with Gasteiger partial charge in [-0.25, -0.2) is 0 Å². The molecule has 0 fully saturated rings. The Balaban J connectivity index is 2.24. The fraction of sp³-hybridized carbons (Fsp3) is 0.308. The molecule has 1 aromatic carbocycles. The van der Waals surface area contributed by atoms with E-state index in [0.717, 1.165) is 0 Å². The van der Waals surface area contributed by atoms with Gasteiger partial charge in [-0.15, -0.1) is 0 Å². The summed E-state index contributed by atoms with van der Waals surface area (Å²) in [4.78, 5) is 6.95. The normalized spacial score (nSPS) is 14.1. The Labute approximate surface area is 110 Å². The molecule has 2 unspecified atom stereocenters. The Morgan fingerprint density at radius 1 is 1.37 bits per heavy atom. The summed E-state index contributed by atoms with van der Waals surface area (Å²) in [5.41, 5.74) is 6.33. The van der Waals surface area contributed by atoms with E-state index >= 15 is 0 Å². The SMILES string of the molecule is CC(N)C(O)c1nc(Oc2ccccc2)[nH]c1CO. The van der Waals surface area contributed by atoms with Crippen LogP contribution in [0.4, 0.5) is 0 Å². The van der Waals surface area contributed by atoms with Gasteiger partial charge in [-0.3, -0.25) is 0 Å². The number of nitrogens with one attached hydrogen (secondary N) is 1. The number of aromatic amines is 1. The summed E-state index contributed by atoms with van der Waals surface area (Å²) in [6.07, 6.45) is -0.952. The summed E-state index contributed by atoms with van der Waals surface area (Å²) in [5.74, 6) is 0.613. The van der Waals surface area contributed by atoms with E-state index in [9.17, 15) is 10.2 Å². The van der Waals surface area contributed by atoms with E-state index in [4.69, 9.17) is 10.5 Å². The van der Waals surface area contributed by atoms with Gasteiger partial charge in [-0.2, -0.15) is 4.98 Å². The standard InChI is InChI=1S/C13H17N3O3/c1-8(14)12(18)11-10(7-17)15-13(16-11)19-9-5-3-2-4-6-9/h2-6,8,12,17-18H,7,14H2,1H3,(H,15,16). The van der Waals surface area contributed by atoms with Gasteiger partial charge in [0, 0.05) is 6.04 Å². The number of aliphatic hydroxyl groups is 2. The van der Waals surface area contributed by atoms with Crippen LogP contribution in [0.25, 0.3) is 0 Å². The quantitative estimate of drug-likeness (QED) is 0.646. The van der Waals surface area contributed by atoms with Gasteiger partial charge in [-0.05, 0) is 19.1 Å². The largest absolute Gasteiger partial charge is 0.426 e. The van der Waals surface area contributed by atoms with Crippen LogP contribution in [-0.2, 0) is 6.61 Å². The van der Waals surface area contributed by atoms with E-state index in [-0.39, 0.29) is 12.6 Å². The molecule has 102 valence electrons. The molecule has 2 aromatic rings. The number of imidazole rings is 1. The minimum Gasteiger partial charge on any atom is -0.426 e. The van der Waals surface area contributed by atoms with Crippen molar-refractivity contribution in [3.8, 4) is 11.8 Å². The van der Waals surface area contributed by atoms with E-state index in [2.05, 4.69) is 9.97 Å². The number of nitrogens with zero attached hydrogens (tertiary/aromatic N) is 1. The van der Waals surface area contributed by atoms with Crippen LogP contribution in [0.15, 0.2) is 30.3 Å². The number of H-pyrrole nitrogens is 1. The van der Waals surface area contributed by atoms with Gasteiger partial charge in [0.25, 0.3) is 6.01 Å². The molecule has 6 nitrogen and oxygen atoms in total. The molecule has 2 rings (SSSR count). The molecule has 0 spiro atoms. The van der Waals surface area contributed by atoms with Gasteiger partial charge in [0.15, 0.2) is 0 Å². The molecule has 2 atom stereocenters. The topological polar surface area (TPSA) is 104 Å². The molecule has 0 aliphatic rings. The fourth-order valence-electron chi connectivity index (χ4n) is 1.66. The van der Waals surface area contributed by atoms with Crippen LogP contribution < -0.4 is 10.5 Å². The van der Waals surface area contributed by atoms with Crippen molar-refractivity contribution in [3.05, 3.63) is 41.7 Å². The zero-order chi connectivity index (χ0) is 13.8. The monoisotopic (exact) mass is 263 g/mol. The predicted molar refractivity (Wildman–Crippen MR) is 69.6 cm³/mol. The Morgan fingerprint density at radius 3 is 2.63 bits per heavy atom. The Hall–Kier alpha value is -1.89. The number of hydrogen-bond donors (Lipinski definition) is 4. The lowest BCUT2D eigenvalue weighted by molar-refractivity contribution is 0.145. The van der Waals surface area contributed by atoms with Crippen molar-refractivity contribution in [1.29, 1.82) is 0 Å². The van der Waals surface area contributed by atoms with E-state index in [0.29, 0.717) is 17.1 Å². The number of para-hydroxylation sites is 1. The third-order valence-electron chi connectivity index (χ3n) is 2.68. The molecule has 0 saturated carbocycles. The van der Waals surface area contributed by atoms with E-state index < -0.39 is 12.1 Å². The number of benzene rings is 1. The number of ether oxygens (including phenoxy) is 1. The van der Waals surface area contributed by atoms with Crippen LogP contribution in [0.5, 0.6) is 11.8 Å². The van der Waals surface area contributed by atoms with Crippen LogP contribution in [-0.4, -0.2) is 26.2 Å². The average molecular weight is 263 g/mol. The summed E-state index contributed by atoms with van der Waals surface area (Å²) in [6.45, 7) is 1.39. The van der Waals surface area contributed by atoms with Gasteiger partial charge < -0.3 is 25.7 Å². The summed E-state index contributed by atoms with van der Waals surface area (Å²) in [6, 6.07) is 8.83. The maximum absolute atomic E-state index is 9.91. The van der Waals surface area contributed by atoms with Gasteiger partial charge in [0.05, 0.1) is 18.0 Å². The summed E-state index contributed by atoms with van der Waals surface area (Å²) >= 11 is 0. The van der Waals surface area contributed by atoms with Gasteiger partial charge in [-0.1, -0.05) is 18.2 Å². The highest BCUT2D eigenvalue weighted by Crippen LogP contribution is 2.24. The fourth-order valence-corrected chi connectivity index (χ4v) is 1.66. The van der Waals surface area contributed by atoms with Gasteiger partial charge in [0.2, 0.25) is 0 Å². The second-order valence-electron chi connectivity index (χ2n) is 4.28. The van der Waals surface area contributed by atoms with Crippen LogP contribution in [0.1, 0.15) is 24.4 Å². The minimum absolute atomic E-state index is 0.213. The first-order valence-electron chi connectivity index (χ1n) is 5.98. The molecule has 6 heteroatoms. The third-order valence-corrected chi connectivity index (χ3v) is 2.68. The zero-order valence-corrected chi connectivity index (χ0v) is 10.6. The van der Waals surface area contributed by atoms with Gasteiger partial charge in [0.1, 0.15) is 11.9 Å². The number of aliphatic hydroxyl groups excluding tert-OH is 2. The van der Waals surface area contributed by atoms with Gasteiger partial charge >= 0.3 is 0 Å². The predicted octanol–water partition coefficient (Wildman–Crippen LogP) is 1.07. The van der Waals surface area contributed by atoms with Crippen molar-refractivity contribution < 1.29 is 14.9 Å². The molecule has 5 N–H and O–H groups in total. The highest BCUT2D eigenvalue weighted by molar-refractivity contribution is 5.27. The maximum Gasteiger partial charge on any atom is 0.299 e. The lowest BCUT2D eigenvalue weighted by Crippen LogP contribution is -2.25. The van der Waals surface area contributed by atoms with Crippen LogP contribution in [0.2, 0.25) is 0 Å². The van der Waals surface area contributed by atoms with Crippen LogP contribution >= 0.6 is 0 Å². The first-order chi connectivity index (χ1) is 9.11. The van der Waals surface area contributed by atoms with Crippen molar-refractivity contribution in [1.82, 2.24) is 9.97 Å². The lowest BCUT2D eigenvalue weighted by Gasteiger charge is -2.12. The summed E-state index contributed by atoms with van der Waals surface area (Å²) in [7, 11) is 0. The molecule has 0 bridgehead atoms. The van der Waals surface area contributed by atoms with Crippen molar-refractivity contribution >= 4 is 0 Å². The van der Waals surface area contributed by atoms with Crippen LogP contribution in [0, 0.1) is 0 Å². The maximum atomic E-state index is 9.91. The summed E-state index contributed by atoms with van der Waals surface area (Å²) in [5, 5.41) is 19.2. The molecule has 0 radical (unpaired) electrons. The lowest BCUT2D eigenvalue weighted by atomic mass is 10.1. The number of rotatable bonds is 5. The van der Waals surface area contributed by atoms with Crippen molar-refractivity contribution in [2.24, 2.45) is 5.73 Å². The molecule has 0 amide bonds. The first-order valence-corrected chi connectivity index (χ1v) is 5.98. The van der Waals surface area contributed by atoms with Crippen molar-refractivity contribution in [2.45, 2.75) is 25.7 Å². The second-order valence-corrected chi connectivity index (χ2v) is 4.28. The molecule has 0 aliphatic carbocycles. The van der Waals surface area contributed by atoms with E-state index in [1.165, 1.54) is 0 Å². The Morgan fingerprint density at radius 2 is 2.05 bits per heavy atom. The molecule has 0 saturated heterocycles. The molecular weight excluding hydrogens is 246 g/mol. The highest BCUT2D eigenvalue weighted by Gasteiger charge is 2.21. The molecule has 1 aromatic heterocycles. The second kappa shape index (κ2) is 5.83. The molecule has 0 aliphatic heterocycles. The first kappa shape index (κ1) is 13.5. The highest BCUT2D eigenvalue weighted by atomic mass is 16.5. The number of hydrogen-bond acceptors (Lipinski definition) is 5. The van der Waals surface area contributed by atoms with Crippen molar-refractivity contribution in [3.63, 3.8) is 0 Å². The number of aromatic nitrogens is 2. The molecular formula is C13H17N3O3. The number of nitrogens with two attached hydrogens (primary N) is 1. The summed E-state index contributed by atoms with van der Waals surface area (Å²) < 4.78 is 5.50. The zero-order valence-electron chi connectivity index (χ0n) is 10.6. The minimum atomic E-state index is -0.952. The molecule has 19 heavy (non-hydrogen) atoms. The van der Waals surface area contributed by atoms with Crippen LogP contribution in [0.3, 0.4) is 0 Å². The Kier molecular flexibility index (Phi) is 4.16. The Bertz CT molecular complexity index is 525. The van der Waals surface area contributed by atoms with Crippen molar-refractivity contribution in [2.75, 3.05) is 0 Å². The molecule has 1 heterocycles. The van der Waals surface area contributed by atoms with E-state index in [1.54, 1.807) is 19.1 Å². The van der Waals surface area contributed by atoms with E-state index in [1.807, 2.05) is 18.2 Å². The average Bonchev–Trinajstić information content (AvgIpc) is 2.81. The third kappa shape index (κ3) is 3.11. The smallest absolute Gasteiger partial charge is 0.299 e.